The van der Waals surface area contributed by atoms with Crippen molar-refractivity contribution < 1.29 is 9.53 Å². The molecule has 0 aliphatic carbocycles. The van der Waals surface area contributed by atoms with Gasteiger partial charge in [0, 0.05) is 52.9 Å². The highest BCUT2D eigenvalue weighted by Gasteiger charge is 2.31. The first-order valence-corrected chi connectivity index (χ1v) is 9.22. The normalized spacial score (nSPS) is 28.2. The second-order valence-electron chi connectivity index (χ2n) is 7.16. The first kappa shape index (κ1) is 20.7. The summed E-state index contributed by atoms with van der Waals surface area (Å²) >= 11 is 0. The lowest BCUT2D eigenvalue weighted by Crippen LogP contribution is -2.55. The Bertz CT molecular complexity index is 462. The number of carbonyl (C=O) groups excluding carboxylic acids is 1. The second kappa shape index (κ2) is 9.91. The molecule has 3 aliphatic heterocycles. The molecule has 1 amide bonds. The Morgan fingerprint density at radius 2 is 1.88 bits per heavy atom. The third-order valence-electron chi connectivity index (χ3n) is 5.35. The third kappa shape index (κ3) is 5.43. The van der Waals surface area contributed by atoms with E-state index in [1.54, 1.807) is 0 Å². The van der Waals surface area contributed by atoms with Crippen molar-refractivity contribution in [2.75, 3.05) is 66.5 Å². The van der Waals surface area contributed by atoms with Crippen molar-refractivity contribution in [3.8, 4) is 0 Å². The molecule has 0 aromatic rings. The van der Waals surface area contributed by atoms with Gasteiger partial charge in [-0.15, -0.1) is 24.0 Å². The largest absolute Gasteiger partial charge is 0.368 e. The summed E-state index contributed by atoms with van der Waals surface area (Å²) in [4.78, 5) is 23.4. The number of amides is 1. The van der Waals surface area contributed by atoms with Crippen LogP contribution in [-0.4, -0.2) is 99.2 Å². The Morgan fingerprint density at radius 1 is 1.16 bits per heavy atom. The van der Waals surface area contributed by atoms with Crippen LogP contribution in [0.5, 0.6) is 0 Å². The van der Waals surface area contributed by atoms with Gasteiger partial charge < -0.3 is 24.8 Å². The summed E-state index contributed by atoms with van der Waals surface area (Å²) in [7, 11) is 4.02. The van der Waals surface area contributed by atoms with Crippen molar-refractivity contribution in [3.63, 3.8) is 0 Å². The van der Waals surface area contributed by atoms with Crippen LogP contribution in [0.25, 0.3) is 0 Å². The number of nitrogens with zero attached hydrogens (tertiary/aromatic N) is 4. The summed E-state index contributed by atoms with van der Waals surface area (Å²) in [5.41, 5.74) is 0. The van der Waals surface area contributed by atoms with Gasteiger partial charge in [0.05, 0.1) is 0 Å². The van der Waals surface area contributed by atoms with Gasteiger partial charge in [0.25, 0.3) is 5.91 Å². The molecule has 0 aromatic heterocycles. The summed E-state index contributed by atoms with van der Waals surface area (Å²) in [5, 5.41) is 3.52. The number of likely N-dealkylation sites (tertiary alicyclic amines) is 1. The van der Waals surface area contributed by atoms with Gasteiger partial charge in [-0.2, -0.15) is 0 Å². The van der Waals surface area contributed by atoms with Crippen molar-refractivity contribution in [1.82, 2.24) is 20.0 Å². The van der Waals surface area contributed by atoms with Gasteiger partial charge >= 0.3 is 0 Å². The predicted octanol–water partition coefficient (Wildman–Crippen LogP) is 0.455. The first-order valence-electron chi connectivity index (χ1n) is 9.22. The number of nitrogens with one attached hydrogen (secondary N) is 1. The molecule has 3 fully saturated rings. The highest BCUT2D eigenvalue weighted by Crippen LogP contribution is 2.16. The Hall–Kier alpha value is -0.610. The third-order valence-corrected chi connectivity index (χ3v) is 5.35. The minimum absolute atomic E-state index is 0. The fourth-order valence-corrected chi connectivity index (χ4v) is 3.88. The maximum absolute atomic E-state index is 12.4. The van der Waals surface area contributed by atoms with Crippen LogP contribution < -0.4 is 5.32 Å². The molecule has 3 rings (SSSR count). The Balaban J connectivity index is 0.00000225. The molecule has 2 atom stereocenters. The number of carbonyl (C=O) groups is 1. The average Bonchev–Trinajstić information content (AvgIpc) is 3.27. The van der Waals surface area contributed by atoms with E-state index in [0.717, 1.165) is 64.7 Å². The molecular formula is C17H32IN5O2. The molecule has 0 bridgehead atoms. The lowest BCUT2D eigenvalue weighted by Gasteiger charge is -2.37. The Labute approximate surface area is 168 Å². The van der Waals surface area contributed by atoms with E-state index in [2.05, 4.69) is 27.2 Å². The fraction of sp³-hybridized carbons (Fsp3) is 0.882. The number of rotatable bonds is 3. The van der Waals surface area contributed by atoms with Crippen LogP contribution in [0.4, 0.5) is 0 Å². The van der Waals surface area contributed by atoms with Crippen LogP contribution in [0.1, 0.15) is 19.3 Å². The molecule has 7 nitrogen and oxygen atoms in total. The van der Waals surface area contributed by atoms with Gasteiger partial charge in [-0.25, -0.2) is 0 Å². The van der Waals surface area contributed by atoms with Crippen LogP contribution in [0.3, 0.4) is 0 Å². The van der Waals surface area contributed by atoms with E-state index in [1.807, 2.05) is 11.9 Å². The van der Waals surface area contributed by atoms with Gasteiger partial charge in [-0.3, -0.25) is 9.79 Å². The zero-order valence-electron chi connectivity index (χ0n) is 15.4. The van der Waals surface area contributed by atoms with E-state index in [1.165, 1.54) is 13.0 Å². The predicted molar refractivity (Wildman–Crippen MR) is 110 cm³/mol. The number of aliphatic imine (C=N–C) groups is 1. The quantitative estimate of drug-likeness (QED) is 0.373. The van der Waals surface area contributed by atoms with Gasteiger partial charge in [0.1, 0.15) is 6.10 Å². The number of piperazine rings is 1. The van der Waals surface area contributed by atoms with E-state index < -0.39 is 0 Å². The number of halogens is 1. The maximum Gasteiger partial charge on any atom is 0.251 e. The molecule has 3 aliphatic rings. The van der Waals surface area contributed by atoms with Crippen LogP contribution in [-0.2, 0) is 9.53 Å². The molecule has 2 unspecified atom stereocenters. The van der Waals surface area contributed by atoms with Crippen LogP contribution >= 0.6 is 24.0 Å². The fourth-order valence-electron chi connectivity index (χ4n) is 3.88. The monoisotopic (exact) mass is 465 g/mol. The molecule has 0 radical (unpaired) electrons. The lowest BCUT2D eigenvalue weighted by molar-refractivity contribution is -0.142. The summed E-state index contributed by atoms with van der Waals surface area (Å²) < 4.78 is 5.52. The number of ether oxygens (including phenoxy) is 1. The van der Waals surface area contributed by atoms with E-state index in [0.29, 0.717) is 5.92 Å². The second-order valence-corrected chi connectivity index (χ2v) is 7.16. The van der Waals surface area contributed by atoms with Gasteiger partial charge in [0.15, 0.2) is 5.96 Å². The molecule has 144 valence electrons. The summed E-state index contributed by atoms with van der Waals surface area (Å²) in [6.07, 6.45) is 2.93. The first-order chi connectivity index (χ1) is 11.7. The Kier molecular flexibility index (Phi) is 8.21. The highest BCUT2D eigenvalue weighted by atomic mass is 127. The van der Waals surface area contributed by atoms with Crippen molar-refractivity contribution in [3.05, 3.63) is 0 Å². The van der Waals surface area contributed by atoms with Gasteiger partial charge in [-0.05, 0) is 38.8 Å². The van der Waals surface area contributed by atoms with E-state index in [4.69, 9.17) is 4.74 Å². The van der Waals surface area contributed by atoms with E-state index in [-0.39, 0.29) is 36.0 Å². The van der Waals surface area contributed by atoms with E-state index in [9.17, 15) is 4.79 Å². The van der Waals surface area contributed by atoms with Crippen LogP contribution in [0, 0.1) is 5.92 Å². The maximum atomic E-state index is 12.4. The van der Waals surface area contributed by atoms with Gasteiger partial charge in [-0.1, -0.05) is 0 Å². The molecule has 0 aromatic carbocycles. The minimum atomic E-state index is -0.201. The number of guanidine groups is 1. The van der Waals surface area contributed by atoms with Crippen LogP contribution in [0.2, 0.25) is 0 Å². The molecule has 25 heavy (non-hydrogen) atoms. The highest BCUT2D eigenvalue weighted by molar-refractivity contribution is 14.0. The topological polar surface area (TPSA) is 60.4 Å². The molecular weight excluding hydrogens is 433 g/mol. The summed E-state index contributed by atoms with van der Waals surface area (Å²) in [5.74, 6) is 1.84. The van der Waals surface area contributed by atoms with Crippen molar-refractivity contribution in [2.24, 2.45) is 10.9 Å². The molecule has 3 saturated heterocycles. The Morgan fingerprint density at radius 3 is 2.44 bits per heavy atom. The minimum Gasteiger partial charge on any atom is -0.368 e. The molecule has 0 spiro atoms. The zero-order chi connectivity index (χ0) is 16.9. The average molecular weight is 465 g/mol. The molecule has 3 heterocycles. The summed E-state index contributed by atoms with van der Waals surface area (Å²) in [6, 6.07) is 0. The molecule has 1 N–H and O–H groups in total. The SMILES string of the molecule is CN=C(NCC1CCN(C)C1)N1CCN(C(=O)C2CCCO2)CC1.I. The lowest BCUT2D eigenvalue weighted by atomic mass is 10.1. The number of hydrogen-bond donors (Lipinski definition) is 1. The van der Waals surface area contributed by atoms with Crippen molar-refractivity contribution >= 4 is 35.8 Å². The standard InChI is InChI=1S/C17H31N5O2.HI/c1-18-17(19-12-14-5-6-20(2)13-14)22-9-7-21(8-10-22)16(23)15-4-3-11-24-15;/h14-15H,3-13H2,1-2H3,(H,18,19);1H. The summed E-state index contributed by atoms with van der Waals surface area (Å²) in [6.45, 7) is 7.24. The van der Waals surface area contributed by atoms with Crippen molar-refractivity contribution in [2.45, 2.75) is 25.4 Å². The molecule has 0 saturated carbocycles. The molecule has 8 heteroatoms. The van der Waals surface area contributed by atoms with Gasteiger partial charge in [0.2, 0.25) is 0 Å². The number of hydrogen-bond acceptors (Lipinski definition) is 4. The smallest absolute Gasteiger partial charge is 0.251 e. The van der Waals surface area contributed by atoms with Crippen LogP contribution in [0.15, 0.2) is 4.99 Å². The van der Waals surface area contributed by atoms with E-state index >= 15 is 0 Å². The zero-order valence-corrected chi connectivity index (χ0v) is 17.8. The van der Waals surface area contributed by atoms with Crippen molar-refractivity contribution in [1.29, 1.82) is 0 Å².